The maximum absolute atomic E-state index is 5.68. The van der Waals surface area contributed by atoms with Crippen LogP contribution in [0.15, 0.2) is 36.5 Å². The number of anilines is 2. The van der Waals surface area contributed by atoms with Crippen LogP contribution in [-0.4, -0.2) is 16.6 Å². The number of nitrogens with two attached hydrogens (primary N) is 1. The first-order valence-electron chi connectivity index (χ1n) is 6.77. The van der Waals surface area contributed by atoms with Gasteiger partial charge in [0.1, 0.15) is 0 Å². The third-order valence-electron chi connectivity index (χ3n) is 2.87. The van der Waals surface area contributed by atoms with E-state index in [-0.39, 0.29) is 6.04 Å². The van der Waals surface area contributed by atoms with Crippen molar-refractivity contribution >= 4 is 11.6 Å². The summed E-state index contributed by atoms with van der Waals surface area (Å²) in [6, 6.07) is 9.60. The topological polar surface area (TPSA) is 73.1 Å². The Labute approximate surface area is 119 Å². The summed E-state index contributed by atoms with van der Waals surface area (Å²) >= 11 is 0. The highest BCUT2D eigenvalue weighted by molar-refractivity contribution is 5.42. The Hall–Kier alpha value is -2.30. The first-order valence-corrected chi connectivity index (χ1v) is 6.77. The number of rotatable bonds is 6. The van der Waals surface area contributed by atoms with Crippen molar-refractivity contribution < 1.29 is 4.74 Å². The Bertz CT molecular complexity index is 542. The normalized spacial score (nSPS) is 11.9. The first kappa shape index (κ1) is 14.1. The smallest absolute Gasteiger partial charge is 0.226 e. The highest BCUT2D eigenvalue weighted by Gasteiger charge is 2.07. The third kappa shape index (κ3) is 3.85. The lowest BCUT2D eigenvalue weighted by atomic mass is 10.1. The molecule has 1 atom stereocenters. The van der Waals surface area contributed by atoms with Gasteiger partial charge >= 0.3 is 0 Å². The molecule has 0 amide bonds. The Morgan fingerprint density at radius 2 is 2.00 bits per heavy atom. The molecule has 0 bridgehead atoms. The average molecular weight is 272 g/mol. The third-order valence-corrected chi connectivity index (χ3v) is 2.87. The lowest BCUT2D eigenvalue weighted by Gasteiger charge is -2.14. The van der Waals surface area contributed by atoms with Crippen molar-refractivity contribution in [3.8, 4) is 5.88 Å². The zero-order chi connectivity index (χ0) is 14.4. The second-order valence-corrected chi connectivity index (χ2v) is 4.60. The number of hydrogen-bond acceptors (Lipinski definition) is 5. The van der Waals surface area contributed by atoms with Gasteiger partial charge in [0.2, 0.25) is 11.8 Å². The second-order valence-electron chi connectivity index (χ2n) is 4.60. The van der Waals surface area contributed by atoms with Crippen LogP contribution in [-0.2, 0) is 0 Å². The van der Waals surface area contributed by atoms with Crippen molar-refractivity contribution in [2.45, 2.75) is 26.3 Å². The van der Waals surface area contributed by atoms with Gasteiger partial charge in [-0.2, -0.15) is 4.98 Å². The van der Waals surface area contributed by atoms with Crippen molar-refractivity contribution in [3.05, 3.63) is 42.1 Å². The van der Waals surface area contributed by atoms with E-state index in [2.05, 4.69) is 29.1 Å². The van der Waals surface area contributed by atoms with Gasteiger partial charge in [-0.1, -0.05) is 19.1 Å². The zero-order valence-corrected chi connectivity index (χ0v) is 11.8. The van der Waals surface area contributed by atoms with E-state index < -0.39 is 0 Å². The second kappa shape index (κ2) is 6.75. The molecule has 0 aliphatic heterocycles. The molecule has 3 N–H and O–H groups in total. The number of nitrogen functional groups attached to an aromatic ring is 1. The summed E-state index contributed by atoms with van der Waals surface area (Å²) in [7, 11) is 0. The van der Waals surface area contributed by atoms with E-state index in [0.29, 0.717) is 18.4 Å². The van der Waals surface area contributed by atoms with Crippen LogP contribution in [0.5, 0.6) is 5.88 Å². The lowest BCUT2D eigenvalue weighted by molar-refractivity contribution is 0.305. The lowest BCUT2D eigenvalue weighted by Crippen LogP contribution is -2.10. The van der Waals surface area contributed by atoms with Crippen LogP contribution < -0.4 is 15.8 Å². The zero-order valence-electron chi connectivity index (χ0n) is 11.8. The van der Waals surface area contributed by atoms with Gasteiger partial charge in [0, 0.05) is 18.0 Å². The van der Waals surface area contributed by atoms with Crippen LogP contribution in [0.25, 0.3) is 0 Å². The predicted molar refractivity (Wildman–Crippen MR) is 80.7 cm³/mol. The van der Waals surface area contributed by atoms with Crippen LogP contribution in [0.1, 0.15) is 31.9 Å². The Balaban J connectivity index is 2.03. The summed E-state index contributed by atoms with van der Waals surface area (Å²) in [4.78, 5) is 8.53. The summed E-state index contributed by atoms with van der Waals surface area (Å²) in [5, 5.41) is 3.25. The number of nitrogens with zero attached hydrogens (tertiary/aromatic N) is 2. The summed E-state index contributed by atoms with van der Waals surface area (Å²) in [6.45, 7) is 4.77. The Kier molecular flexibility index (Phi) is 4.76. The van der Waals surface area contributed by atoms with Crippen molar-refractivity contribution in [1.29, 1.82) is 0 Å². The minimum absolute atomic E-state index is 0.0945. The molecule has 1 heterocycles. The van der Waals surface area contributed by atoms with Gasteiger partial charge in [0.15, 0.2) is 0 Å². The van der Waals surface area contributed by atoms with Crippen LogP contribution in [0.3, 0.4) is 0 Å². The number of ether oxygens (including phenoxy) is 1. The minimum Gasteiger partial charge on any atom is -0.478 e. The van der Waals surface area contributed by atoms with E-state index in [4.69, 9.17) is 10.5 Å². The molecule has 20 heavy (non-hydrogen) atoms. The Morgan fingerprint density at radius 1 is 1.25 bits per heavy atom. The quantitative estimate of drug-likeness (QED) is 0.791. The van der Waals surface area contributed by atoms with Gasteiger partial charge in [-0.25, -0.2) is 4.98 Å². The molecule has 0 fully saturated rings. The van der Waals surface area contributed by atoms with Crippen molar-refractivity contribution in [2.75, 3.05) is 17.7 Å². The molecular formula is C15H20N4O. The number of nitrogens with one attached hydrogen (secondary N) is 1. The van der Waals surface area contributed by atoms with Gasteiger partial charge in [-0.15, -0.1) is 0 Å². The van der Waals surface area contributed by atoms with Gasteiger partial charge in [0.25, 0.3) is 0 Å². The van der Waals surface area contributed by atoms with Crippen LogP contribution in [0.4, 0.5) is 11.6 Å². The molecular weight excluding hydrogens is 252 g/mol. The van der Waals surface area contributed by atoms with E-state index in [1.807, 2.05) is 24.3 Å². The van der Waals surface area contributed by atoms with Gasteiger partial charge < -0.3 is 15.8 Å². The summed E-state index contributed by atoms with van der Waals surface area (Å²) in [5.41, 5.74) is 7.57. The molecule has 0 radical (unpaired) electrons. The summed E-state index contributed by atoms with van der Waals surface area (Å²) in [5.74, 6) is 1.15. The molecule has 106 valence electrons. The number of hydrogen-bond donors (Lipinski definition) is 2. The fraction of sp³-hybridized carbons (Fsp3) is 0.333. The molecule has 0 spiro atoms. The molecule has 0 aliphatic carbocycles. The first-order chi connectivity index (χ1) is 9.69. The molecule has 5 nitrogen and oxygen atoms in total. The van der Waals surface area contributed by atoms with E-state index in [0.717, 1.165) is 17.7 Å². The standard InChI is InChI=1S/C15H20N4O/c1-3-10-20-14-8-9-17-15(19-14)18-11(2)12-4-6-13(16)7-5-12/h4-9,11H,3,10,16H2,1-2H3,(H,17,18,19). The van der Waals surface area contributed by atoms with Gasteiger partial charge in [-0.3, -0.25) is 0 Å². The highest BCUT2D eigenvalue weighted by atomic mass is 16.5. The number of aromatic nitrogens is 2. The van der Waals surface area contributed by atoms with E-state index in [9.17, 15) is 0 Å². The van der Waals surface area contributed by atoms with Crippen LogP contribution in [0, 0.1) is 0 Å². The molecule has 5 heteroatoms. The molecule has 0 saturated heterocycles. The monoisotopic (exact) mass is 272 g/mol. The van der Waals surface area contributed by atoms with Gasteiger partial charge in [-0.05, 0) is 31.0 Å². The van der Waals surface area contributed by atoms with E-state index >= 15 is 0 Å². The fourth-order valence-corrected chi connectivity index (χ4v) is 1.76. The van der Waals surface area contributed by atoms with E-state index in [1.54, 1.807) is 12.3 Å². The molecule has 1 aromatic carbocycles. The predicted octanol–water partition coefficient (Wildman–Crippen LogP) is 3.02. The Morgan fingerprint density at radius 3 is 2.70 bits per heavy atom. The molecule has 2 rings (SSSR count). The molecule has 1 unspecified atom stereocenters. The summed E-state index contributed by atoms with van der Waals surface area (Å²) < 4.78 is 5.49. The van der Waals surface area contributed by atoms with Crippen molar-refractivity contribution in [3.63, 3.8) is 0 Å². The maximum Gasteiger partial charge on any atom is 0.226 e. The largest absolute Gasteiger partial charge is 0.478 e. The molecule has 0 saturated carbocycles. The van der Waals surface area contributed by atoms with Crippen LogP contribution >= 0.6 is 0 Å². The molecule has 1 aromatic heterocycles. The van der Waals surface area contributed by atoms with Crippen LogP contribution in [0.2, 0.25) is 0 Å². The maximum atomic E-state index is 5.68. The van der Waals surface area contributed by atoms with Gasteiger partial charge in [0.05, 0.1) is 12.6 Å². The molecule has 2 aromatic rings. The van der Waals surface area contributed by atoms with Crippen molar-refractivity contribution in [2.24, 2.45) is 0 Å². The fourth-order valence-electron chi connectivity index (χ4n) is 1.76. The average Bonchev–Trinajstić information content (AvgIpc) is 2.46. The van der Waals surface area contributed by atoms with Crippen molar-refractivity contribution in [1.82, 2.24) is 9.97 Å². The van der Waals surface area contributed by atoms with E-state index in [1.165, 1.54) is 0 Å². The molecule has 0 aliphatic rings. The highest BCUT2D eigenvalue weighted by Crippen LogP contribution is 2.19. The number of benzene rings is 1. The minimum atomic E-state index is 0.0945. The summed E-state index contributed by atoms with van der Waals surface area (Å²) in [6.07, 6.45) is 2.64. The SMILES string of the molecule is CCCOc1ccnc(NC(C)c2ccc(N)cc2)n1.